The summed E-state index contributed by atoms with van der Waals surface area (Å²) in [4.78, 5) is 18.3. The second-order valence-corrected chi connectivity index (χ2v) is 10.6. The summed E-state index contributed by atoms with van der Waals surface area (Å²) >= 11 is 1.27. The maximum absolute atomic E-state index is 13.3. The van der Waals surface area contributed by atoms with Gasteiger partial charge in [0.1, 0.15) is 23.4 Å². The van der Waals surface area contributed by atoms with Crippen molar-refractivity contribution in [1.82, 2.24) is 24.4 Å². The second kappa shape index (κ2) is 9.69. The molecule has 0 aliphatic carbocycles. The summed E-state index contributed by atoms with van der Waals surface area (Å²) in [6, 6.07) is 22.1. The molecule has 1 aliphatic rings. The minimum atomic E-state index is -0.296. The Morgan fingerprint density at radius 1 is 1.02 bits per heavy atom. The van der Waals surface area contributed by atoms with Crippen LogP contribution in [-0.4, -0.2) is 30.5 Å². The zero-order valence-electron chi connectivity index (χ0n) is 21.4. The van der Waals surface area contributed by atoms with Gasteiger partial charge in [-0.1, -0.05) is 47.7 Å². The highest BCUT2D eigenvalue weighted by Gasteiger charge is 2.21. The Morgan fingerprint density at radius 2 is 1.85 bits per heavy atom. The molecule has 0 N–H and O–H groups in total. The van der Waals surface area contributed by atoms with E-state index < -0.39 is 0 Å². The fourth-order valence-corrected chi connectivity index (χ4v) is 5.71. The maximum atomic E-state index is 13.3. The average molecular weight is 548 g/mol. The highest BCUT2D eigenvalue weighted by Crippen LogP contribution is 2.34. The summed E-state index contributed by atoms with van der Waals surface area (Å²) in [6.45, 7) is 2.06. The third-order valence-electron chi connectivity index (χ3n) is 6.71. The molecule has 0 spiro atoms. The van der Waals surface area contributed by atoms with Crippen molar-refractivity contribution < 1.29 is 9.13 Å². The van der Waals surface area contributed by atoms with Gasteiger partial charge in [-0.2, -0.15) is 14.6 Å². The van der Waals surface area contributed by atoms with E-state index in [1.54, 1.807) is 24.3 Å². The van der Waals surface area contributed by atoms with Crippen LogP contribution in [0.5, 0.6) is 5.75 Å². The van der Waals surface area contributed by atoms with Crippen LogP contribution < -0.4 is 14.8 Å². The van der Waals surface area contributed by atoms with Gasteiger partial charge in [0.2, 0.25) is 4.96 Å². The molecular formula is C31H22FN5O2S. The zero-order chi connectivity index (χ0) is 27.2. The number of fused-ring (bicyclic) bond motifs is 2. The Hall–Kier alpha value is -4.89. The Labute approximate surface area is 232 Å². The van der Waals surface area contributed by atoms with E-state index in [-0.39, 0.29) is 17.5 Å². The second-order valence-electron chi connectivity index (χ2n) is 9.63. The number of ether oxygens (including phenoxy) is 1. The number of para-hydroxylation sites is 1. The lowest BCUT2D eigenvalue weighted by Crippen LogP contribution is -2.23. The van der Waals surface area contributed by atoms with Gasteiger partial charge in [0.15, 0.2) is 5.82 Å². The normalized spacial score (nSPS) is 15.2. The fourth-order valence-electron chi connectivity index (χ4n) is 4.80. The van der Waals surface area contributed by atoms with Gasteiger partial charge in [-0.25, -0.2) is 9.07 Å². The van der Waals surface area contributed by atoms with Crippen LogP contribution in [0.25, 0.3) is 40.1 Å². The van der Waals surface area contributed by atoms with Crippen molar-refractivity contribution in [2.45, 2.75) is 19.4 Å². The lowest BCUT2D eigenvalue weighted by atomic mass is 10.0. The van der Waals surface area contributed by atoms with Gasteiger partial charge < -0.3 is 4.74 Å². The third kappa shape index (κ3) is 4.50. The Balaban J connectivity index is 1.29. The Bertz CT molecular complexity index is 2010. The number of hydrogen-bond acceptors (Lipinski definition) is 6. The molecule has 3 aromatic heterocycles. The van der Waals surface area contributed by atoms with E-state index >= 15 is 0 Å². The molecule has 0 radical (unpaired) electrons. The molecule has 1 aliphatic heterocycles. The molecule has 6 aromatic rings. The minimum Gasteiger partial charge on any atom is -0.490 e. The summed E-state index contributed by atoms with van der Waals surface area (Å²) in [6.07, 6.45) is 8.26. The monoisotopic (exact) mass is 547 g/mol. The third-order valence-corrected chi connectivity index (χ3v) is 7.67. The Kier molecular flexibility index (Phi) is 5.86. The molecular weight excluding hydrogens is 525 g/mol. The predicted molar refractivity (Wildman–Crippen MR) is 154 cm³/mol. The first-order valence-corrected chi connectivity index (χ1v) is 13.6. The van der Waals surface area contributed by atoms with Crippen molar-refractivity contribution in [3.8, 4) is 22.7 Å². The molecule has 196 valence electrons. The van der Waals surface area contributed by atoms with Crippen LogP contribution in [0.4, 0.5) is 4.39 Å². The lowest BCUT2D eigenvalue weighted by Gasteiger charge is -2.04. The van der Waals surface area contributed by atoms with E-state index in [2.05, 4.69) is 23.1 Å². The molecule has 0 saturated heterocycles. The summed E-state index contributed by atoms with van der Waals surface area (Å²) in [5.74, 6) is 1.02. The largest absolute Gasteiger partial charge is 0.490 e. The van der Waals surface area contributed by atoms with Crippen LogP contribution in [0.3, 0.4) is 0 Å². The molecule has 40 heavy (non-hydrogen) atoms. The molecule has 9 heteroatoms. The van der Waals surface area contributed by atoms with Crippen molar-refractivity contribution in [3.05, 3.63) is 122 Å². The van der Waals surface area contributed by atoms with Gasteiger partial charge in [-0.3, -0.25) is 4.79 Å². The van der Waals surface area contributed by atoms with Crippen LogP contribution in [-0.2, 0) is 6.42 Å². The van der Waals surface area contributed by atoms with E-state index in [4.69, 9.17) is 9.84 Å². The van der Waals surface area contributed by atoms with Crippen LogP contribution in [0.1, 0.15) is 29.4 Å². The molecule has 0 fully saturated rings. The van der Waals surface area contributed by atoms with Crippen molar-refractivity contribution in [3.63, 3.8) is 0 Å². The summed E-state index contributed by atoms with van der Waals surface area (Å²) in [7, 11) is 0. The zero-order valence-corrected chi connectivity index (χ0v) is 22.2. The maximum Gasteiger partial charge on any atom is 0.291 e. The van der Waals surface area contributed by atoms with Gasteiger partial charge in [-0.15, -0.1) is 5.10 Å². The molecule has 3 aromatic carbocycles. The van der Waals surface area contributed by atoms with Gasteiger partial charge >= 0.3 is 0 Å². The van der Waals surface area contributed by atoms with Crippen LogP contribution >= 0.6 is 11.3 Å². The quantitative estimate of drug-likeness (QED) is 0.297. The van der Waals surface area contributed by atoms with E-state index in [9.17, 15) is 9.18 Å². The summed E-state index contributed by atoms with van der Waals surface area (Å²) < 4.78 is 22.7. The van der Waals surface area contributed by atoms with E-state index in [0.717, 1.165) is 45.8 Å². The number of thiazole rings is 1. The first kappa shape index (κ1) is 24.2. The van der Waals surface area contributed by atoms with E-state index in [0.29, 0.717) is 15.3 Å². The first-order chi connectivity index (χ1) is 19.5. The smallest absolute Gasteiger partial charge is 0.291 e. The molecule has 0 amide bonds. The average Bonchev–Trinajstić information content (AvgIpc) is 3.72. The number of aromatic nitrogens is 5. The standard InChI is InChI=1S/C31H22FN5O2S/c1-19-15-22-16-21(10-13-26(22)39-19)29-23(18-36(35-29)25-5-3-2-4-6-25)17-27-30(38)37-31(40-27)33-28(34-37)14-9-20-7-11-24(32)12-8-20/h2-14,16-19H,15H2,1H3/b14-9+,27-17-. The number of rotatable bonds is 5. The summed E-state index contributed by atoms with van der Waals surface area (Å²) in [5.41, 5.74) is 5.17. The fraction of sp³-hybridized carbons (Fsp3) is 0.0968. The molecule has 0 bridgehead atoms. The lowest BCUT2D eigenvalue weighted by molar-refractivity contribution is 0.254. The molecule has 0 saturated carbocycles. The molecule has 4 heterocycles. The predicted octanol–water partition coefficient (Wildman–Crippen LogP) is 5.18. The molecule has 7 nitrogen and oxygen atoms in total. The van der Waals surface area contributed by atoms with Gasteiger partial charge in [-0.05, 0) is 72.7 Å². The number of benzene rings is 3. The van der Waals surface area contributed by atoms with Crippen LogP contribution in [0, 0.1) is 5.82 Å². The highest BCUT2D eigenvalue weighted by atomic mass is 32.1. The van der Waals surface area contributed by atoms with E-state index in [1.165, 1.54) is 28.0 Å². The highest BCUT2D eigenvalue weighted by molar-refractivity contribution is 7.15. The van der Waals surface area contributed by atoms with Crippen molar-refractivity contribution in [1.29, 1.82) is 0 Å². The van der Waals surface area contributed by atoms with Crippen LogP contribution in [0.15, 0.2) is 83.8 Å². The molecule has 1 unspecified atom stereocenters. The first-order valence-electron chi connectivity index (χ1n) is 12.8. The number of nitrogens with zero attached hydrogens (tertiary/aromatic N) is 5. The Morgan fingerprint density at radius 3 is 2.65 bits per heavy atom. The van der Waals surface area contributed by atoms with Crippen molar-refractivity contribution >= 4 is 34.5 Å². The van der Waals surface area contributed by atoms with Gasteiger partial charge in [0.05, 0.1) is 10.2 Å². The van der Waals surface area contributed by atoms with Crippen LogP contribution in [0.2, 0.25) is 0 Å². The van der Waals surface area contributed by atoms with Gasteiger partial charge in [0.25, 0.3) is 5.56 Å². The topological polar surface area (TPSA) is 74.3 Å². The van der Waals surface area contributed by atoms with E-state index in [1.807, 2.05) is 59.4 Å². The van der Waals surface area contributed by atoms with Crippen molar-refractivity contribution in [2.24, 2.45) is 0 Å². The molecule has 1 atom stereocenters. The van der Waals surface area contributed by atoms with Gasteiger partial charge in [0, 0.05) is 23.7 Å². The summed E-state index contributed by atoms with van der Waals surface area (Å²) in [5, 5.41) is 9.29. The SMILES string of the molecule is CC1Cc2cc(-c3nn(-c4ccccc4)cc3/C=c3\sc4nc(/C=C/c5ccc(F)cc5)nn4c3=O)ccc2O1. The molecule has 7 rings (SSSR count). The number of halogens is 1. The number of hydrogen-bond donors (Lipinski definition) is 0. The van der Waals surface area contributed by atoms with Crippen molar-refractivity contribution in [2.75, 3.05) is 0 Å². The minimum absolute atomic E-state index is 0.145.